The smallest absolute Gasteiger partial charge is 0.293 e. The summed E-state index contributed by atoms with van der Waals surface area (Å²) < 4.78 is 3.21. The first-order chi connectivity index (χ1) is 14.2. The highest BCUT2D eigenvalue weighted by Gasteiger charge is 2.15. The van der Waals surface area contributed by atoms with E-state index in [1.807, 2.05) is 0 Å². The maximum absolute atomic E-state index is 12.4. The van der Waals surface area contributed by atoms with Gasteiger partial charge < -0.3 is 5.11 Å². The average molecular weight is 602 g/mol. The molecule has 0 unspecified atom stereocenters. The lowest BCUT2D eigenvalue weighted by atomic mass is 10.2. The van der Waals surface area contributed by atoms with Crippen molar-refractivity contribution in [2.45, 2.75) is 6.54 Å². The highest BCUT2D eigenvalue weighted by molar-refractivity contribution is 9.11. The molecule has 1 amide bonds. The van der Waals surface area contributed by atoms with Crippen LogP contribution in [-0.2, 0) is 6.54 Å². The molecule has 1 heterocycles. The number of aromatic nitrogens is 2. The van der Waals surface area contributed by atoms with Crippen LogP contribution in [0.3, 0.4) is 0 Å². The standard InChI is InChI=1S/C18H12Br3N5O4/c19-12-5-11(17(27)14(20)6-12)7-22-23-18(28)16-15(21)9-25(24-16)8-10-1-3-13(4-2-10)26(29)30/h1-7,9,27H,8H2,(H,23,28). The van der Waals surface area contributed by atoms with E-state index < -0.39 is 10.8 Å². The summed E-state index contributed by atoms with van der Waals surface area (Å²) in [6.45, 7) is 0.326. The van der Waals surface area contributed by atoms with Gasteiger partial charge in [-0.1, -0.05) is 28.1 Å². The molecule has 2 aromatic carbocycles. The molecule has 0 saturated carbocycles. The monoisotopic (exact) mass is 599 g/mol. The van der Waals surface area contributed by atoms with Crippen LogP contribution in [0.1, 0.15) is 21.6 Å². The van der Waals surface area contributed by atoms with Crippen LogP contribution in [0.5, 0.6) is 5.75 Å². The Bertz CT molecular complexity index is 1150. The van der Waals surface area contributed by atoms with Crippen molar-refractivity contribution in [3.8, 4) is 5.75 Å². The number of amides is 1. The Morgan fingerprint density at radius 2 is 1.93 bits per heavy atom. The molecule has 3 rings (SSSR count). The molecule has 1 aromatic heterocycles. The summed E-state index contributed by atoms with van der Waals surface area (Å²) in [6.07, 6.45) is 2.93. The van der Waals surface area contributed by atoms with Gasteiger partial charge in [-0.05, 0) is 49.6 Å². The first-order valence-electron chi connectivity index (χ1n) is 8.22. The molecule has 2 N–H and O–H groups in total. The molecule has 0 aliphatic carbocycles. The summed E-state index contributed by atoms with van der Waals surface area (Å²) in [7, 11) is 0. The van der Waals surface area contributed by atoms with Gasteiger partial charge in [-0.15, -0.1) is 0 Å². The van der Waals surface area contributed by atoms with Crippen molar-refractivity contribution in [1.82, 2.24) is 15.2 Å². The zero-order valence-corrected chi connectivity index (χ0v) is 19.7. The Kier molecular flexibility index (Phi) is 7.00. The second-order valence-electron chi connectivity index (χ2n) is 5.97. The predicted molar refractivity (Wildman–Crippen MR) is 121 cm³/mol. The number of carbonyl (C=O) groups excluding carboxylic acids is 1. The molecule has 0 aliphatic rings. The number of hydrogen-bond donors (Lipinski definition) is 2. The van der Waals surface area contributed by atoms with Crippen LogP contribution < -0.4 is 5.43 Å². The maximum Gasteiger partial charge on any atom is 0.293 e. The number of carbonyl (C=O) groups is 1. The number of aromatic hydroxyl groups is 1. The summed E-state index contributed by atoms with van der Waals surface area (Å²) in [4.78, 5) is 22.6. The van der Waals surface area contributed by atoms with Crippen molar-refractivity contribution in [2.24, 2.45) is 5.10 Å². The van der Waals surface area contributed by atoms with Crippen molar-refractivity contribution >= 4 is 65.6 Å². The fourth-order valence-corrected chi connectivity index (χ4v) is 4.19. The molecule has 0 spiro atoms. The van der Waals surface area contributed by atoms with E-state index in [-0.39, 0.29) is 17.1 Å². The third kappa shape index (κ3) is 5.32. The van der Waals surface area contributed by atoms with Gasteiger partial charge in [0.1, 0.15) is 5.75 Å². The van der Waals surface area contributed by atoms with E-state index >= 15 is 0 Å². The number of hydrogen-bond acceptors (Lipinski definition) is 6. The number of non-ortho nitro benzene ring substituents is 1. The first-order valence-corrected chi connectivity index (χ1v) is 10.6. The van der Waals surface area contributed by atoms with Crippen molar-refractivity contribution in [3.05, 3.63) is 82.9 Å². The molecular weight excluding hydrogens is 590 g/mol. The van der Waals surface area contributed by atoms with Crippen molar-refractivity contribution in [2.75, 3.05) is 0 Å². The number of rotatable bonds is 6. The van der Waals surface area contributed by atoms with Gasteiger partial charge in [-0.3, -0.25) is 19.6 Å². The average Bonchev–Trinajstić information content (AvgIpc) is 3.06. The molecule has 9 nitrogen and oxygen atoms in total. The van der Waals surface area contributed by atoms with Crippen molar-refractivity contribution in [1.29, 1.82) is 0 Å². The lowest BCUT2D eigenvalue weighted by Gasteiger charge is -2.03. The second-order valence-corrected chi connectivity index (χ2v) is 8.60. The molecular formula is C18H12Br3N5O4. The van der Waals surface area contributed by atoms with Gasteiger partial charge in [0.15, 0.2) is 5.69 Å². The number of hydrazone groups is 1. The highest BCUT2D eigenvalue weighted by atomic mass is 79.9. The molecule has 154 valence electrons. The predicted octanol–water partition coefficient (Wildman–Crippen LogP) is 4.60. The number of nitro benzene ring substituents is 1. The van der Waals surface area contributed by atoms with E-state index in [0.29, 0.717) is 21.1 Å². The fraction of sp³-hybridized carbons (Fsp3) is 0.0556. The molecule has 0 fully saturated rings. The number of halogens is 3. The van der Waals surface area contributed by atoms with Gasteiger partial charge >= 0.3 is 0 Å². The lowest BCUT2D eigenvalue weighted by molar-refractivity contribution is -0.384. The third-order valence-corrected chi connectivity index (χ3v) is 5.49. The van der Waals surface area contributed by atoms with Gasteiger partial charge in [-0.25, -0.2) is 5.43 Å². The fourth-order valence-electron chi connectivity index (χ4n) is 2.44. The van der Waals surface area contributed by atoms with E-state index in [1.54, 1.807) is 30.5 Å². The van der Waals surface area contributed by atoms with E-state index in [9.17, 15) is 20.0 Å². The van der Waals surface area contributed by atoms with E-state index in [2.05, 4.69) is 63.4 Å². The normalized spacial score (nSPS) is 11.0. The van der Waals surface area contributed by atoms with Crippen molar-refractivity contribution < 1.29 is 14.8 Å². The summed E-state index contributed by atoms with van der Waals surface area (Å²) in [5.74, 6) is -0.557. The van der Waals surface area contributed by atoms with E-state index in [0.717, 1.165) is 10.0 Å². The van der Waals surface area contributed by atoms with Crippen LogP contribution >= 0.6 is 47.8 Å². The Hall–Kier alpha value is -2.57. The number of benzene rings is 2. The third-order valence-electron chi connectivity index (χ3n) is 3.85. The summed E-state index contributed by atoms with van der Waals surface area (Å²) in [6, 6.07) is 9.39. The molecule has 0 bridgehead atoms. The van der Waals surface area contributed by atoms with Crippen LogP contribution in [0, 0.1) is 10.1 Å². The van der Waals surface area contributed by atoms with Gasteiger partial charge in [0.25, 0.3) is 11.6 Å². The number of phenols is 1. The molecule has 30 heavy (non-hydrogen) atoms. The maximum atomic E-state index is 12.4. The lowest BCUT2D eigenvalue weighted by Crippen LogP contribution is -2.19. The second kappa shape index (κ2) is 9.49. The minimum absolute atomic E-state index is 0.00170. The Labute approximate surface area is 195 Å². The summed E-state index contributed by atoms with van der Waals surface area (Å²) in [5, 5.41) is 28.8. The minimum atomic E-state index is -0.547. The molecule has 12 heteroatoms. The molecule has 0 saturated heterocycles. The van der Waals surface area contributed by atoms with Gasteiger partial charge in [0.05, 0.1) is 26.6 Å². The summed E-state index contributed by atoms with van der Waals surface area (Å²) >= 11 is 9.83. The SMILES string of the molecule is O=C(NN=Cc1cc(Br)cc(Br)c1O)c1nn(Cc2ccc([N+](=O)[O-])cc2)cc1Br. The van der Waals surface area contributed by atoms with E-state index in [4.69, 9.17) is 0 Å². The Morgan fingerprint density at radius 3 is 2.60 bits per heavy atom. The van der Waals surface area contributed by atoms with Gasteiger partial charge in [-0.2, -0.15) is 10.2 Å². The Balaban J connectivity index is 1.68. The number of nitro groups is 1. The largest absolute Gasteiger partial charge is 0.506 e. The highest BCUT2D eigenvalue weighted by Crippen LogP contribution is 2.30. The van der Waals surface area contributed by atoms with Crippen LogP contribution in [0.2, 0.25) is 0 Å². The summed E-state index contributed by atoms with van der Waals surface area (Å²) in [5.41, 5.74) is 3.67. The minimum Gasteiger partial charge on any atom is -0.506 e. The number of phenolic OH excluding ortho intramolecular Hbond substituents is 1. The van der Waals surface area contributed by atoms with Crippen LogP contribution in [0.15, 0.2) is 61.1 Å². The van der Waals surface area contributed by atoms with Gasteiger partial charge in [0, 0.05) is 28.4 Å². The van der Waals surface area contributed by atoms with Crippen LogP contribution in [0.25, 0.3) is 0 Å². The van der Waals surface area contributed by atoms with Crippen LogP contribution in [0.4, 0.5) is 5.69 Å². The molecule has 0 radical (unpaired) electrons. The van der Waals surface area contributed by atoms with Gasteiger partial charge in [0.2, 0.25) is 0 Å². The number of nitrogens with one attached hydrogen (secondary N) is 1. The Morgan fingerprint density at radius 1 is 1.23 bits per heavy atom. The van der Waals surface area contributed by atoms with Crippen LogP contribution in [-0.4, -0.2) is 31.9 Å². The molecule has 0 atom stereocenters. The topological polar surface area (TPSA) is 123 Å². The number of nitrogens with zero attached hydrogens (tertiary/aromatic N) is 4. The molecule has 3 aromatic rings. The quantitative estimate of drug-likeness (QED) is 0.243. The van der Waals surface area contributed by atoms with E-state index in [1.165, 1.54) is 23.0 Å². The van der Waals surface area contributed by atoms with Crippen molar-refractivity contribution in [3.63, 3.8) is 0 Å². The zero-order chi connectivity index (χ0) is 21.8. The zero-order valence-electron chi connectivity index (χ0n) is 14.9. The first kappa shape index (κ1) is 22.1. The molecule has 0 aliphatic heterocycles.